The number of carbonyl (C=O) groups is 1. The number of halogens is 1. The molecule has 7 nitrogen and oxygen atoms in total. The number of aromatic nitrogens is 1. The van der Waals surface area contributed by atoms with E-state index in [9.17, 15) is 17.6 Å². The van der Waals surface area contributed by atoms with Crippen LogP contribution in [0.15, 0.2) is 83.4 Å². The number of hydrogen-bond donors (Lipinski definition) is 1. The summed E-state index contributed by atoms with van der Waals surface area (Å²) in [6.45, 7) is 1.95. The smallest absolute Gasteiger partial charge is 0.255 e. The van der Waals surface area contributed by atoms with E-state index in [0.717, 1.165) is 38.0 Å². The number of nitrogens with one attached hydrogen (secondary N) is 1. The standard InChI is InChI=1S/C32H26FN3O4S2/c1-18-22(13-14-35-30(18)28-15-20-7-5-6-8-27(20)41-28)23-16-24-26(17-25(23)36(3)42(4,38)39)40-31(29(24)32(37)34-2)19-9-11-21(33)12-10-19/h5-17H,1-4H3,(H,34,37). The molecule has 3 heterocycles. The number of pyridine rings is 1. The van der Waals surface area contributed by atoms with Crippen LogP contribution < -0.4 is 9.62 Å². The predicted octanol–water partition coefficient (Wildman–Crippen LogP) is 7.25. The number of nitrogens with zero attached hydrogens (tertiary/aromatic N) is 2. The summed E-state index contributed by atoms with van der Waals surface area (Å²) in [6, 6.07) is 21.1. The summed E-state index contributed by atoms with van der Waals surface area (Å²) in [5.74, 6) is -0.550. The SMILES string of the molecule is CNC(=O)c1c(-c2ccc(F)cc2)oc2cc(N(C)S(C)(=O)=O)c(-c3ccnc(-c4cc5ccccc5s4)c3C)cc12. The van der Waals surface area contributed by atoms with E-state index < -0.39 is 15.8 Å². The van der Waals surface area contributed by atoms with Crippen molar-refractivity contribution in [1.29, 1.82) is 0 Å². The highest BCUT2D eigenvalue weighted by Gasteiger charge is 2.27. The first-order valence-electron chi connectivity index (χ1n) is 13.0. The Bertz CT molecular complexity index is 2080. The number of rotatable bonds is 6. The molecule has 0 saturated heterocycles. The second-order valence-corrected chi connectivity index (χ2v) is 13.1. The topological polar surface area (TPSA) is 92.5 Å². The van der Waals surface area contributed by atoms with Gasteiger partial charge in [0.15, 0.2) is 0 Å². The first-order chi connectivity index (χ1) is 20.1. The second kappa shape index (κ2) is 10.4. The van der Waals surface area contributed by atoms with Gasteiger partial charge in [0.2, 0.25) is 10.0 Å². The van der Waals surface area contributed by atoms with E-state index in [0.29, 0.717) is 27.8 Å². The van der Waals surface area contributed by atoms with Crippen molar-refractivity contribution in [3.8, 4) is 33.0 Å². The van der Waals surface area contributed by atoms with Crippen molar-refractivity contribution >= 4 is 54.0 Å². The molecule has 3 aromatic carbocycles. The van der Waals surface area contributed by atoms with Gasteiger partial charge in [-0.3, -0.25) is 14.1 Å². The largest absolute Gasteiger partial charge is 0.455 e. The maximum atomic E-state index is 13.7. The van der Waals surface area contributed by atoms with E-state index >= 15 is 0 Å². The molecule has 3 aromatic heterocycles. The molecule has 42 heavy (non-hydrogen) atoms. The summed E-state index contributed by atoms with van der Waals surface area (Å²) < 4.78 is 47.8. The molecule has 0 saturated carbocycles. The molecule has 10 heteroatoms. The summed E-state index contributed by atoms with van der Waals surface area (Å²) in [7, 11) is -0.672. The maximum Gasteiger partial charge on any atom is 0.255 e. The van der Waals surface area contributed by atoms with Crippen LogP contribution in [-0.4, -0.2) is 39.7 Å². The molecule has 0 radical (unpaired) electrons. The van der Waals surface area contributed by atoms with Crippen LogP contribution in [0.25, 0.3) is 54.1 Å². The minimum Gasteiger partial charge on any atom is -0.455 e. The fourth-order valence-corrected chi connectivity index (χ4v) is 6.74. The summed E-state index contributed by atoms with van der Waals surface area (Å²) in [5, 5.41) is 4.28. The lowest BCUT2D eigenvalue weighted by Crippen LogP contribution is -2.25. The number of furan rings is 1. The van der Waals surface area contributed by atoms with E-state index in [2.05, 4.69) is 23.5 Å². The van der Waals surface area contributed by atoms with E-state index in [1.54, 1.807) is 29.7 Å². The summed E-state index contributed by atoms with van der Waals surface area (Å²) in [5.41, 5.74) is 4.47. The van der Waals surface area contributed by atoms with Crippen LogP contribution in [0.3, 0.4) is 0 Å². The van der Waals surface area contributed by atoms with Crippen molar-refractivity contribution in [1.82, 2.24) is 10.3 Å². The van der Waals surface area contributed by atoms with Gasteiger partial charge in [0.1, 0.15) is 17.2 Å². The van der Waals surface area contributed by atoms with Crippen LogP contribution in [0.1, 0.15) is 15.9 Å². The Morgan fingerprint density at radius 1 is 1.02 bits per heavy atom. The monoisotopic (exact) mass is 599 g/mol. The molecule has 0 unspecified atom stereocenters. The molecule has 6 aromatic rings. The fourth-order valence-electron chi connectivity index (χ4n) is 5.12. The number of carbonyl (C=O) groups excluding carboxylic acids is 1. The third kappa shape index (κ3) is 4.72. The molecule has 0 spiro atoms. The van der Waals surface area contributed by atoms with Gasteiger partial charge in [0, 0.05) is 47.6 Å². The molecule has 1 N–H and O–H groups in total. The molecule has 6 rings (SSSR count). The van der Waals surface area contributed by atoms with Gasteiger partial charge in [-0.05, 0) is 72.0 Å². The molecule has 0 aliphatic rings. The summed E-state index contributed by atoms with van der Waals surface area (Å²) in [6.07, 6.45) is 2.83. The van der Waals surface area contributed by atoms with Crippen LogP contribution in [-0.2, 0) is 10.0 Å². The lowest BCUT2D eigenvalue weighted by Gasteiger charge is -2.22. The van der Waals surface area contributed by atoms with Crippen molar-refractivity contribution < 1.29 is 22.0 Å². The van der Waals surface area contributed by atoms with Crippen LogP contribution in [0.2, 0.25) is 0 Å². The van der Waals surface area contributed by atoms with Crippen LogP contribution in [0, 0.1) is 12.7 Å². The van der Waals surface area contributed by atoms with Crippen LogP contribution >= 0.6 is 11.3 Å². The molecule has 0 bridgehead atoms. The minimum absolute atomic E-state index is 0.256. The van der Waals surface area contributed by atoms with Gasteiger partial charge in [0.05, 0.1) is 28.1 Å². The Kier molecular flexibility index (Phi) is 6.83. The summed E-state index contributed by atoms with van der Waals surface area (Å²) in [4.78, 5) is 18.9. The minimum atomic E-state index is -3.67. The second-order valence-electron chi connectivity index (χ2n) is 9.97. The van der Waals surface area contributed by atoms with E-state index in [1.165, 1.54) is 42.7 Å². The Morgan fingerprint density at radius 2 is 1.76 bits per heavy atom. The predicted molar refractivity (Wildman–Crippen MR) is 167 cm³/mol. The number of anilines is 1. The normalized spacial score (nSPS) is 11.7. The van der Waals surface area contributed by atoms with Crippen molar-refractivity contribution in [3.05, 3.63) is 95.9 Å². The quantitative estimate of drug-likeness (QED) is 0.218. The van der Waals surface area contributed by atoms with Gasteiger partial charge < -0.3 is 9.73 Å². The highest BCUT2D eigenvalue weighted by Crippen LogP contribution is 2.44. The molecule has 0 fully saturated rings. The van der Waals surface area contributed by atoms with Crippen LogP contribution in [0.5, 0.6) is 0 Å². The maximum absolute atomic E-state index is 13.7. The first kappa shape index (κ1) is 27.6. The van der Waals surface area contributed by atoms with Gasteiger partial charge in [-0.25, -0.2) is 12.8 Å². The van der Waals surface area contributed by atoms with Gasteiger partial charge in [-0.1, -0.05) is 18.2 Å². The van der Waals surface area contributed by atoms with E-state index in [1.807, 2.05) is 25.1 Å². The molecular weight excluding hydrogens is 574 g/mol. The first-order valence-corrected chi connectivity index (χ1v) is 15.7. The van der Waals surface area contributed by atoms with E-state index in [4.69, 9.17) is 9.40 Å². The Labute approximate surface area is 246 Å². The zero-order valence-electron chi connectivity index (χ0n) is 23.2. The molecule has 1 amide bonds. The number of fused-ring (bicyclic) bond motifs is 2. The van der Waals surface area contributed by atoms with Gasteiger partial charge >= 0.3 is 0 Å². The number of hydrogen-bond acceptors (Lipinski definition) is 6. The van der Waals surface area contributed by atoms with Gasteiger partial charge in [-0.15, -0.1) is 11.3 Å². The highest BCUT2D eigenvalue weighted by molar-refractivity contribution is 7.92. The Hall–Kier alpha value is -4.54. The molecule has 212 valence electrons. The van der Waals surface area contributed by atoms with Crippen molar-refractivity contribution in [2.45, 2.75) is 6.92 Å². The number of amides is 1. The number of sulfonamides is 1. The van der Waals surface area contributed by atoms with Crippen molar-refractivity contribution in [2.24, 2.45) is 0 Å². The lowest BCUT2D eigenvalue weighted by molar-refractivity contribution is 0.0964. The third-order valence-corrected chi connectivity index (χ3v) is 9.67. The third-order valence-electron chi connectivity index (χ3n) is 7.36. The average Bonchev–Trinajstić information content (AvgIpc) is 3.57. The average molecular weight is 600 g/mol. The zero-order valence-corrected chi connectivity index (χ0v) is 24.9. The molecule has 0 aliphatic carbocycles. The molecule has 0 aliphatic heterocycles. The zero-order chi connectivity index (χ0) is 29.8. The number of benzene rings is 3. The van der Waals surface area contributed by atoms with E-state index in [-0.39, 0.29) is 17.2 Å². The summed E-state index contributed by atoms with van der Waals surface area (Å²) >= 11 is 1.63. The fraction of sp³-hybridized carbons (Fsp3) is 0.125. The Morgan fingerprint density at radius 3 is 2.45 bits per heavy atom. The Balaban J connectivity index is 1.64. The van der Waals surface area contributed by atoms with Crippen molar-refractivity contribution in [3.63, 3.8) is 0 Å². The molecular formula is C32H26FN3O4S2. The number of thiophene rings is 1. The van der Waals surface area contributed by atoms with Crippen LogP contribution in [0.4, 0.5) is 10.1 Å². The van der Waals surface area contributed by atoms with Crippen molar-refractivity contribution in [2.75, 3.05) is 24.7 Å². The molecule has 0 atom stereocenters. The highest BCUT2D eigenvalue weighted by atomic mass is 32.2. The lowest BCUT2D eigenvalue weighted by atomic mass is 9.95. The van der Waals surface area contributed by atoms with Gasteiger partial charge in [0.25, 0.3) is 5.91 Å². The van der Waals surface area contributed by atoms with Gasteiger partial charge in [-0.2, -0.15) is 0 Å².